The number of rotatable bonds is 5. The van der Waals surface area contributed by atoms with Gasteiger partial charge in [-0.2, -0.15) is 0 Å². The molecule has 2 aliphatic heterocycles. The third-order valence-electron chi connectivity index (χ3n) is 5.36. The highest BCUT2D eigenvalue weighted by molar-refractivity contribution is 5.77. The Morgan fingerprint density at radius 3 is 2.48 bits per heavy atom. The van der Waals surface area contributed by atoms with Gasteiger partial charge in [0.15, 0.2) is 0 Å². The number of carbonyl (C=O) groups excluding carboxylic acids is 2. The molecule has 1 saturated carbocycles. The van der Waals surface area contributed by atoms with E-state index in [4.69, 9.17) is 0 Å². The summed E-state index contributed by atoms with van der Waals surface area (Å²) in [7, 11) is 0. The van der Waals surface area contributed by atoms with Gasteiger partial charge >= 0.3 is 0 Å². The van der Waals surface area contributed by atoms with Crippen LogP contribution in [0.2, 0.25) is 0 Å². The minimum Gasteiger partial charge on any atom is -0.387 e. The number of carbonyl (C=O) groups is 2. The molecule has 3 rings (SSSR count). The second kappa shape index (κ2) is 6.77. The van der Waals surface area contributed by atoms with Gasteiger partial charge in [0.05, 0.1) is 12.1 Å². The van der Waals surface area contributed by atoms with Crippen LogP contribution in [0.15, 0.2) is 0 Å². The summed E-state index contributed by atoms with van der Waals surface area (Å²) in [6, 6.07) is 0.263. The minimum atomic E-state index is -0.764. The van der Waals surface area contributed by atoms with E-state index >= 15 is 0 Å². The Labute approximate surface area is 138 Å². The highest BCUT2D eigenvalue weighted by atomic mass is 16.3. The largest absolute Gasteiger partial charge is 0.387 e. The molecule has 130 valence electrons. The standard InChI is InChI=1S/C17H29N3O3/c1-13(21)18-15-4-7-19(8-5-15)11-17(23)6-9-20(12-17)16(22)10-14-2-3-14/h14-15,23H,2-12H2,1H3,(H,18,21)/t17-/m1/s1. The van der Waals surface area contributed by atoms with E-state index in [1.54, 1.807) is 6.92 Å². The molecule has 1 atom stereocenters. The highest BCUT2D eigenvalue weighted by Crippen LogP contribution is 2.34. The number of piperidine rings is 1. The lowest BCUT2D eigenvalue weighted by molar-refractivity contribution is -0.131. The molecular formula is C17H29N3O3. The molecule has 6 heteroatoms. The molecule has 2 heterocycles. The van der Waals surface area contributed by atoms with Crippen LogP contribution in [-0.2, 0) is 9.59 Å². The van der Waals surface area contributed by atoms with E-state index in [-0.39, 0.29) is 17.9 Å². The van der Waals surface area contributed by atoms with Gasteiger partial charge in [0, 0.05) is 45.6 Å². The van der Waals surface area contributed by atoms with Crippen molar-refractivity contribution in [1.29, 1.82) is 0 Å². The zero-order valence-electron chi connectivity index (χ0n) is 14.1. The molecule has 0 spiro atoms. The molecule has 1 aliphatic carbocycles. The number of amides is 2. The summed E-state index contributed by atoms with van der Waals surface area (Å²) in [5, 5.41) is 13.8. The lowest BCUT2D eigenvalue weighted by Crippen LogP contribution is -2.50. The van der Waals surface area contributed by atoms with Crippen LogP contribution >= 0.6 is 0 Å². The normalized spacial score (nSPS) is 29.7. The summed E-state index contributed by atoms with van der Waals surface area (Å²) < 4.78 is 0. The number of hydrogen-bond acceptors (Lipinski definition) is 4. The monoisotopic (exact) mass is 323 g/mol. The zero-order valence-corrected chi connectivity index (χ0v) is 14.1. The van der Waals surface area contributed by atoms with Gasteiger partial charge in [-0.3, -0.25) is 9.59 Å². The van der Waals surface area contributed by atoms with E-state index in [2.05, 4.69) is 10.2 Å². The number of aliphatic hydroxyl groups is 1. The van der Waals surface area contributed by atoms with Gasteiger partial charge in [0.1, 0.15) is 0 Å². The van der Waals surface area contributed by atoms with Crippen molar-refractivity contribution >= 4 is 11.8 Å². The summed E-state index contributed by atoms with van der Waals surface area (Å²) >= 11 is 0. The molecule has 0 unspecified atom stereocenters. The molecule has 6 nitrogen and oxygen atoms in total. The van der Waals surface area contributed by atoms with Crippen LogP contribution in [0.4, 0.5) is 0 Å². The van der Waals surface area contributed by atoms with E-state index in [0.29, 0.717) is 38.4 Å². The fraction of sp³-hybridized carbons (Fsp3) is 0.882. The van der Waals surface area contributed by atoms with Crippen molar-refractivity contribution in [2.75, 3.05) is 32.7 Å². The summed E-state index contributed by atoms with van der Waals surface area (Å²) in [6.45, 7) is 5.13. The lowest BCUT2D eigenvalue weighted by Gasteiger charge is -2.36. The summed E-state index contributed by atoms with van der Waals surface area (Å²) in [5.41, 5.74) is -0.764. The first kappa shape index (κ1) is 16.7. The van der Waals surface area contributed by atoms with Crippen molar-refractivity contribution < 1.29 is 14.7 Å². The smallest absolute Gasteiger partial charge is 0.222 e. The van der Waals surface area contributed by atoms with E-state index in [0.717, 1.165) is 25.9 Å². The first-order chi connectivity index (χ1) is 10.9. The van der Waals surface area contributed by atoms with Crippen LogP contribution in [-0.4, -0.2) is 71.1 Å². The van der Waals surface area contributed by atoms with Gasteiger partial charge in [-0.15, -0.1) is 0 Å². The first-order valence-corrected chi connectivity index (χ1v) is 8.93. The molecule has 2 amide bonds. The Balaban J connectivity index is 1.43. The fourth-order valence-corrected chi connectivity index (χ4v) is 3.84. The summed E-state index contributed by atoms with van der Waals surface area (Å²) in [5.74, 6) is 0.847. The van der Waals surface area contributed by atoms with Crippen LogP contribution in [0, 0.1) is 5.92 Å². The van der Waals surface area contributed by atoms with Crippen LogP contribution in [0.1, 0.15) is 45.4 Å². The molecule has 0 aromatic heterocycles. The Morgan fingerprint density at radius 1 is 1.17 bits per heavy atom. The van der Waals surface area contributed by atoms with Gasteiger partial charge in [-0.1, -0.05) is 0 Å². The maximum Gasteiger partial charge on any atom is 0.222 e. The van der Waals surface area contributed by atoms with Crippen molar-refractivity contribution in [2.24, 2.45) is 5.92 Å². The van der Waals surface area contributed by atoms with Crippen LogP contribution < -0.4 is 5.32 Å². The molecule has 3 aliphatic rings. The Morgan fingerprint density at radius 2 is 1.87 bits per heavy atom. The van der Waals surface area contributed by atoms with Gasteiger partial charge < -0.3 is 20.2 Å². The lowest BCUT2D eigenvalue weighted by atomic mass is 9.99. The molecule has 2 saturated heterocycles. The predicted octanol–water partition coefficient (Wildman–Crippen LogP) is 0.350. The Kier molecular flexibility index (Phi) is 4.92. The van der Waals surface area contributed by atoms with Crippen LogP contribution in [0.5, 0.6) is 0 Å². The average Bonchev–Trinajstić information content (AvgIpc) is 3.21. The van der Waals surface area contributed by atoms with Crippen LogP contribution in [0.3, 0.4) is 0 Å². The van der Waals surface area contributed by atoms with Crippen molar-refractivity contribution in [3.05, 3.63) is 0 Å². The fourth-order valence-electron chi connectivity index (χ4n) is 3.84. The van der Waals surface area contributed by atoms with Crippen molar-refractivity contribution in [3.8, 4) is 0 Å². The van der Waals surface area contributed by atoms with E-state index in [1.807, 2.05) is 4.90 Å². The van der Waals surface area contributed by atoms with E-state index in [9.17, 15) is 14.7 Å². The molecule has 0 radical (unpaired) electrons. The first-order valence-electron chi connectivity index (χ1n) is 8.93. The van der Waals surface area contributed by atoms with Gasteiger partial charge in [-0.25, -0.2) is 0 Å². The summed E-state index contributed by atoms with van der Waals surface area (Å²) in [6.07, 6.45) is 5.58. The third kappa shape index (κ3) is 4.67. The number of likely N-dealkylation sites (tertiary alicyclic amines) is 2. The number of nitrogens with one attached hydrogen (secondary N) is 1. The number of hydrogen-bond donors (Lipinski definition) is 2. The SMILES string of the molecule is CC(=O)NC1CCN(C[C@]2(O)CCN(C(=O)CC3CC3)C2)CC1. The molecule has 0 bridgehead atoms. The van der Waals surface area contributed by atoms with Gasteiger partial charge in [0.25, 0.3) is 0 Å². The van der Waals surface area contributed by atoms with Gasteiger partial charge in [0.2, 0.25) is 11.8 Å². The quantitative estimate of drug-likeness (QED) is 0.766. The average molecular weight is 323 g/mol. The third-order valence-corrected chi connectivity index (χ3v) is 5.36. The Hall–Kier alpha value is -1.14. The van der Waals surface area contributed by atoms with Gasteiger partial charge in [-0.05, 0) is 38.0 Å². The molecule has 0 aromatic rings. The molecule has 23 heavy (non-hydrogen) atoms. The maximum atomic E-state index is 12.2. The van der Waals surface area contributed by atoms with E-state index < -0.39 is 5.60 Å². The highest BCUT2D eigenvalue weighted by Gasteiger charge is 2.40. The minimum absolute atomic E-state index is 0.0303. The second-order valence-corrected chi connectivity index (χ2v) is 7.69. The Bertz CT molecular complexity index is 458. The maximum absolute atomic E-state index is 12.2. The second-order valence-electron chi connectivity index (χ2n) is 7.69. The summed E-state index contributed by atoms with van der Waals surface area (Å²) in [4.78, 5) is 27.4. The molecule has 3 fully saturated rings. The van der Waals surface area contributed by atoms with Crippen molar-refractivity contribution in [3.63, 3.8) is 0 Å². The number of nitrogens with zero attached hydrogens (tertiary/aromatic N) is 2. The molecule has 2 N–H and O–H groups in total. The van der Waals surface area contributed by atoms with Crippen LogP contribution in [0.25, 0.3) is 0 Å². The topological polar surface area (TPSA) is 72.9 Å². The number of β-amino-alcohol motifs (C(OH)–C–C–N with tert-alkyl or cyclic N) is 1. The zero-order chi connectivity index (χ0) is 16.4. The predicted molar refractivity (Wildman–Crippen MR) is 86.8 cm³/mol. The van der Waals surface area contributed by atoms with Crippen molar-refractivity contribution in [2.45, 2.75) is 57.1 Å². The van der Waals surface area contributed by atoms with E-state index in [1.165, 1.54) is 12.8 Å². The molecular weight excluding hydrogens is 294 g/mol. The molecule has 0 aromatic carbocycles. The van der Waals surface area contributed by atoms with Crippen molar-refractivity contribution in [1.82, 2.24) is 15.1 Å².